The number of rotatable bonds is 8. The smallest absolute Gasteiger partial charge is 0.220 e. The van der Waals surface area contributed by atoms with Crippen LogP contribution in [0.25, 0.3) is 0 Å². The first-order valence-corrected chi connectivity index (χ1v) is 8.17. The van der Waals surface area contributed by atoms with Crippen LogP contribution in [0.1, 0.15) is 33.1 Å². The normalized spacial score (nSPS) is 10.7. The van der Waals surface area contributed by atoms with E-state index < -0.39 is 0 Å². The third-order valence-corrected chi connectivity index (χ3v) is 4.42. The zero-order valence-electron chi connectivity index (χ0n) is 11.6. The van der Waals surface area contributed by atoms with Gasteiger partial charge < -0.3 is 5.32 Å². The minimum atomic E-state index is 0.147. The van der Waals surface area contributed by atoms with Crippen LogP contribution in [0.2, 0.25) is 5.02 Å². The van der Waals surface area contributed by atoms with Crippen molar-refractivity contribution in [2.24, 2.45) is 5.92 Å². The van der Waals surface area contributed by atoms with Gasteiger partial charge in [0.15, 0.2) is 0 Å². The average molecular weight is 300 g/mol. The summed E-state index contributed by atoms with van der Waals surface area (Å²) in [5, 5.41) is 3.75. The van der Waals surface area contributed by atoms with Crippen LogP contribution < -0.4 is 5.32 Å². The van der Waals surface area contributed by atoms with Crippen molar-refractivity contribution in [3.8, 4) is 0 Å². The zero-order valence-corrected chi connectivity index (χ0v) is 13.2. The van der Waals surface area contributed by atoms with Crippen molar-refractivity contribution in [1.82, 2.24) is 5.32 Å². The molecule has 1 aromatic rings. The van der Waals surface area contributed by atoms with Crippen molar-refractivity contribution >= 4 is 29.3 Å². The number of amides is 1. The molecule has 106 valence electrons. The predicted molar refractivity (Wildman–Crippen MR) is 83.9 cm³/mol. The third kappa shape index (κ3) is 6.88. The van der Waals surface area contributed by atoms with Crippen LogP contribution in [0.3, 0.4) is 0 Å². The molecule has 0 aliphatic rings. The second kappa shape index (κ2) is 9.27. The second-order valence-electron chi connectivity index (χ2n) is 4.54. The monoisotopic (exact) mass is 299 g/mol. The quantitative estimate of drug-likeness (QED) is 0.722. The minimum Gasteiger partial charge on any atom is -0.356 e. The van der Waals surface area contributed by atoms with Gasteiger partial charge in [-0.2, -0.15) is 0 Å². The van der Waals surface area contributed by atoms with Crippen molar-refractivity contribution < 1.29 is 4.79 Å². The van der Waals surface area contributed by atoms with Gasteiger partial charge in [-0.05, 0) is 30.2 Å². The van der Waals surface area contributed by atoms with E-state index in [2.05, 4.69) is 19.2 Å². The van der Waals surface area contributed by atoms with E-state index in [4.69, 9.17) is 11.6 Å². The summed E-state index contributed by atoms with van der Waals surface area (Å²) in [5.41, 5.74) is 0. The van der Waals surface area contributed by atoms with E-state index in [9.17, 15) is 4.79 Å². The van der Waals surface area contributed by atoms with Gasteiger partial charge in [-0.1, -0.05) is 38.3 Å². The number of thioether (sulfide) groups is 1. The van der Waals surface area contributed by atoms with Crippen molar-refractivity contribution in [3.63, 3.8) is 0 Å². The summed E-state index contributed by atoms with van der Waals surface area (Å²) >= 11 is 7.50. The van der Waals surface area contributed by atoms with E-state index in [1.54, 1.807) is 11.8 Å². The lowest BCUT2D eigenvalue weighted by Crippen LogP contribution is -2.29. The minimum absolute atomic E-state index is 0.147. The molecule has 1 aromatic carbocycles. The van der Waals surface area contributed by atoms with Gasteiger partial charge in [0.2, 0.25) is 5.91 Å². The molecule has 0 atom stereocenters. The first kappa shape index (κ1) is 16.4. The van der Waals surface area contributed by atoms with Crippen LogP contribution in [0.5, 0.6) is 0 Å². The van der Waals surface area contributed by atoms with Gasteiger partial charge in [0, 0.05) is 28.6 Å². The van der Waals surface area contributed by atoms with Gasteiger partial charge in [0.1, 0.15) is 0 Å². The van der Waals surface area contributed by atoms with Crippen molar-refractivity contribution in [2.75, 3.05) is 12.3 Å². The summed E-state index contributed by atoms with van der Waals surface area (Å²) in [4.78, 5) is 12.8. The molecule has 0 bridgehead atoms. The van der Waals surface area contributed by atoms with Crippen LogP contribution in [0.4, 0.5) is 0 Å². The Labute approximate surface area is 125 Å². The van der Waals surface area contributed by atoms with Crippen molar-refractivity contribution in [3.05, 3.63) is 29.3 Å². The molecular formula is C15H22ClNOS. The largest absolute Gasteiger partial charge is 0.356 e. The topological polar surface area (TPSA) is 29.1 Å². The molecule has 0 aliphatic heterocycles. The Morgan fingerprint density at radius 3 is 2.47 bits per heavy atom. The highest BCUT2D eigenvalue weighted by Gasteiger charge is 2.06. The van der Waals surface area contributed by atoms with E-state index in [0.29, 0.717) is 12.3 Å². The number of carbonyl (C=O) groups excluding carboxylic acids is 1. The zero-order chi connectivity index (χ0) is 14.1. The molecule has 0 radical (unpaired) electrons. The van der Waals surface area contributed by atoms with E-state index in [-0.39, 0.29) is 5.91 Å². The number of hydrogen-bond acceptors (Lipinski definition) is 2. The van der Waals surface area contributed by atoms with Crippen molar-refractivity contribution in [2.45, 2.75) is 38.0 Å². The molecule has 2 nitrogen and oxygen atoms in total. The summed E-state index contributed by atoms with van der Waals surface area (Å²) in [6.45, 7) is 5.13. The first-order chi connectivity index (χ1) is 9.15. The number of carbonyl (C=O) groups is 1. The lowest BCUT2D eigenvalue weighted by molar-refractivity contribution is -0.120. The van der Waals surface area contributed by atoms with E-state index in [1.165, 1.54) is 0 Å². The first-order valence-electron chi connectivity index (χ1n) is 6.80. The summed E-state index contributed by atoms with van der Waals surface area (Å²) in [7, 11) is 0. The van der Waals surface area contributed by atoms with Crippen LogP contribution in [-0.4, -0.2) is 18.2 Å². The highest BCUT2D eigenvalue weighted by molar-refractivity contribution is 7.99. The summed E-state index contributed by atoms with van der Waals surface area (Å²) in [6, 6.07) is 7.71. The Hall–Kier alpha value is -0.670. The fraction of sp³-hybridized carbons (Fsp3) is 0.533. The molecule has 0 fully saturated rings. The Morgan fingerprint density at radius 2 is 1.89 bits per heavy atom. The lowest BCUT2D eigenvalue weighted by Gasteiger charge is -2.13. The molecule has 0 spiro atoms. The molecule has 1 rings (SSSR count). The third-order valence-electron chi connectivity index (χ3n) is 3.15. The molecule has 1 N–H and O–H groups in total. The molecule has 0 aliphatic carbocycles. The highest BCUT2D eigenvalue weighted by atomic mass is 35.5. The summed E-state index contributed by atoms with van der Waals surface area (Å²) in [5.74, 6) is 1.55. The molecule has 0 saturated heterocycles. The van der Waals surface area contributed by atoms with Crippen LogP contribution in [0.15, 0.2) is 29.2 Å². The fourth-order valence-electron chi connectivity index (χ4n) is 1.72. The maximum atomic E-state index is 11.7. The van der Waals surface area contributed by atoms with E-state index in [0.717, 1.165) is 35.1 Å². The second-order valence-corrected chi connectivity index (χ2v) is 6.14. The highest BCUT2D eigenvalue weighted by Crippen LogP contribution is 2.20. The molecular weight excluding hydrogens is 278 g/mol. The predicted octanol–water partition coefficient (Wildman–Crippen LogP) is 4.37. The molecule has 0 aromatic heterocycles. The van der Waals surface area contributed by atoms with Crippen LogP contribution >= 0.6 is 23.4 Å². The summed E-state index contributed by atoms with van der Waals surface area (Å²) < 4.78 is 0. The van der Waals surface area contributed by atoms with Gasteiger partial charge in [-0.3, -0.25) is 4.79 Å². The standard InChI is InChI=1S/C15H22ClNOS/c1-3-12(4-2)11-17-15(18)9-10-19-14-7-5-13(16)6-8-14/h5-8,12H,3-4,9-11H2,1-2H3,(H,17,18). The Morgan fingerprint density at radius 1 is 1.26 bits per heavy atom. The van der Waals surface area contributed by atoms with Crippen LogP contribution in [0, 0.1) is 5.92 Å². The number of hydrogen-bond donors (Lipinski definition) is 1. The molecule has 4 heteroatoms. The maximum Gasteiger partial charge on any atom is 0.220 e. The molecule has 1 amide bonds. The van der Waals surface area contributed by atoms with Gasteiger partial charge in [0.25, 0.3) is 0 Å². The van der Waals surface area contributed by atoms with E-state index >= 15 is 0 Å². The average Bonchev–Trinajstić information content (AvgIpc) is 2.42. The van der Waals surface area contributed by atoms with Gasteiger partial charge in [-0.15, -0.1) is 11.8 Å². The number of halogens is 1. The van der Waals surface area contributed by atoms with E-state index in [1.807, 2.05) is 24.3 Å². The maximum absolute atomic E-state index is 11.7. The Balaban J connectivity index is 2.18. The molecule has 0 saturated carbocycles. The summed E-state index contributed by atoms with van der Waals surface area (Å²) in [6.07, 6.45) is 2.81. The van der Waals surface area contributed by atoms with Crippen LogP contribution in [-0.2, 0) is 4.79 Å². The SMILES string of the molecule is CCC(CC)CNC(=O)CCSc1ccc(Cl)cc1. The number of benzene rings is 1. The Bertz CT molecular complexity index is 376. The number of nitrogens with one attached hydrogen (secondary N) is 1. The van der Waals surface area contributed by atoms with Gasteiger partial charge in [-0.25, -0.2) is 0 Å². The lowest BCUT2D eigenvalue weighted by atomic mass is 10.0. The molecule has 19 heavy (non-hydrogen) atoms. The Kier molecular flexibility index (Phi) is 7.99. The molecule has 0 unspecified atom stereocenters. The van der Waals surface area contributed by atoms with Gasteiger partial charge in [0.05, 0.1) is 0 Å². The van der Waals surface area contributed by atoms with Crippen molar-refractivity contribution in [1.29, 1.82) is 0 Å². The fourth-order valence-corrected chi connectivity index (χ4v) is 2.69. The van der Waals surface area contributed by atoms with Gasteiger partial charge >= 0.3 is 0 Å². The molecule has 0 heterocycles.